The van der Waals surface area contributed by atoms with Crippen molar-refractivity contribution in [2.24, 2.45) is 0 Å². The minimum atomic E-state index is 0.576. The number of hydrogen-bond acceptors (Lipinski definition) is 3. The summed E-state index contributed by atoms with van der Waals surface area (Å²) in [6.45, 7) is 4.26. The van der Waals surface area contributed by atoms with Crippen LogP contribution >= 0.6 is 11.6 Å². The standard InChI is InChI=1S/C10H18ClN3O/c11-3-10-15-9-2-4-12-6-8-14-7-1-5-13-14/h1,5,7,12H,2-4,6,8-10H2. The van der Waals surface area contributed by atoms with E-state index in [-0.39, 0.29) is 0 Å². The van der Waals surface area contributed by atoms with Crippen LogP contribution in [-0.4, -0.2) is 42.0 Å². The third kappa shape index (κ3) is 6.49. The van der Waals surface area contributed by atoms with Gasteiger partial charge in [-0.15, -0.1) is 11.6 Å². The molecular formula is C10H18ClN3O. The lowest BCUT2D eigenvalue weighted by Crippen LogP contribution is -2.22. The predicted octanol–water partition coefficient (Wildman–Crippen LogP) is 1.12. The molecule has 0 amide bonds. The highest BCUT2D eigenvalue weighted by atomic mass is 35.5. The number of nitrogens with zero attached hydrogens (tertiary/aromatic N) is 2. The first kappa shape index (κ1) is 12.5. The number of alkyl halides is 1. The molecule has 1 rings (SSSR count). The summed E-state index contributed by atoms with van der Waals surface area (Å²) in [7, 11) is 0. The highest BCUT2D eigenvalue weighted by molar-refractivity contribution is 6.17. The molecule has 4 nitrogen and oxygen atoms in total. The Morgan fingerprint density at radius 3 is 3.00 bits per heavy atom. The topological polar surface area (TPSA) is 39.1 Å². The van der Waals surface area contributed by atoms with Crippen LogP contribution in [0.25, 0.3) is 0 Å². The summed E-state index contributed by atoms with van der Waals surface area (Å²) in [5, 5.41) is 7.44. The van der Waals surface area contributed by atoms with E-state index in [1.165, 1.54) is 0 Å². The monoisotopic (exact) mass is 231 g/mol. The van der Waals surface area contributed by atoms with Gasteiger partial charge in [-0.3, -0.25) is 4.68 Å². The van der Waals surface area contributed by atoms with E-state index in [0.717, 1.165) is 32.7 Å². The Kier molecular flexibility index (Phi) is 7.25. The molecule has 0 aliphatic carbocycles. The van der Waals surface area contributed by atoms with Crippen molar-refractivity contribution >= 4 is 11.6 Å². The minimum Gasteiger partial charge on any atom is -0.380 e. The van der Waals surface area contributed by atoms with Gasteiger partial charge in [-0.05, 0) is 19.0 Å². The highest BCUT2D eigenvalue weighted by Gasteiger charge is 1.91. The van der Waals surface area contributed by atoms with Gasteiger partial charge >= 0.3 is 0 Å². The summed E-state index contributed by atoms with van der Waals surface area (Å²) in [5.41, 5.74) is 0. The van der Waals surface area contributed by atoms with E-state index in [0.29, 0.717) is 12.5 Å². The lowest BCUT2D eigenvalue weighted by molar-refractivity contribution is 0.146. The maximum Gasteiger partial charge on any atom is 0.0601 e. The van der Waals surface area contributed by atoms with E-state index in [1.54, 1.807) is 6.20 Å². The van der Waals surface area contributed by atoms with Crippen LogP contribution in [0.2, 0.25) is 0 Å². The van der Waals surface area contributed by atoms with Gasteiger partial charge in [-0.1, -0.05) is 0 Å². The maximum absolute atomic E-state index is 5.47. The van der Waals surface area contributed by atoms with Gasteiger partial charge in [0.2, 0.25) is 0 Å². The van der Waals surface area contributed by atoms with Gasteiger partial charge in [0, 0.05) is 31.4 Å². The molecule has 0 aliphatic heterocycles. The summed E-state index contributed by atoms with van der Waals surface area (Å²) >= 11 is 5.47. The number of halogens is 1. The average molecular weight is 232 g/mol. The van der Waals surface area contributed by atoms with Crippen molar-refractivity contribution < 1.29 is 4.74 Å². The fourth-order valence-corrected chi connectivity index (χ4v) is 1.32. The number of hydrogen-bond donors (Lipinski definition) is 1. The van der Waals surface area contributed by atoms with Gasteiger partial charge in [0.05, 0.1) is 13.2 Å². The van der Waals surface area contributed by atoms with Crippen LogP contribution in [0.1, 0.15) is 6.42 Å². The number of aromatic nitrogens is 2. The second-order valence-corrected chi connectivity index (χ2v) is 3.55. The molecule has 0 fully saturated rings. The summed E-state index contributed by atoms with van der Waals surface area (Å²) in [6.07, 6.45) is 4.78. The van der Waals surface area contributed by atoms with Crippen LogP contribution in [0.4, 0.5) is 0 Å². The summed E-state index contributed by atoms with van der Waals surface area (Å²) in [6, 6.07) is 1.93. The lowest BCUT2D eigenvalue weighted by atomic mass is 10.4. The van der Waals surface area contributed by atoms with Crippen molar-refractivity contribution in [3.63, 3.8) is 0 Å². The van der Waals surface area contributed by atoms with Gasteiger partial charge < -0.3 is 10.1 Å². The summed E-state index contributed by atoms with van der Waals surface area (Å²) in [4.78, 5) is 0. The van der Waals surface area contributed by atoms with Gasteiger partial charge in [-0.25, -0.2) is 0 Å². The van der Waals surface area contributed by atoms with Gasteiger partial charge in [0.1, 0.15) is 0 Å². The molecule has 0 bridgehead atoms. The second kappa shape index (κ2) is 8.71. The van der Waals surface area contributed by atoms with E-state index < -0.39 is 0 Å². The van der Waals surface area contributed by atoms with E-state index in [2.05, 4.69) is 10.4 Å². The molecule has 0 saturated carbocycles. The Labute approximate surface area is 95.6 Å². The molecule has 0 atom stereocenters. The molecule has 0 aliphatic rings. The molecule has 15 heavy (non-hydrogen) atoms. The molecule has 0 radical (unpaired) electrons. The van der Waals surface area contributed by atoms with Crippen LogP contribution in [0.3, 0.4) is 0 Å². The third-order valence-corrected chi connectivity index (χ3v) is 2.09. The minimum absolute atomic E-state index is 0.576. The number of nitrogens with one attached hydrogen (secondary N) is 1. The first-order chi connectivity index (χ1) is 7.43. The quantitative estimate of drug-likeness (QED) is 0.511. The zero-order valence-corrected chi connectivity index (χ0v) is 9.62. The lowest BCUT2D eigenvalue weighted by Gasteiger charge is -2.05. The Bertz CT molecular complexity index is 229. The van der Waals surface area contributed by atoms with Crippen LogP contribution in [0.15, 0.2) is 18.5 Å². The van der Waals surface area contributed by atoms with Crippen LogP contribution in [0, 0.1) is 0 Å². The van der Waals surface area contributed by atoms with E-state index in [4.69, 9.17) is 16.3 Å². The van der Waals surface area contributed by atoms with Crippen molar-refractivity contribution in [3.05, 3.63) is 18.5 Å². The molecule has 1 aromatic rings. The maximum atomic E-state index is 5.47. The molecule has 5 heteroatoms. The fourth-order valence-electron chi connectivity index (χ4n) is 1.21. The Morgan fingerprint density at radius 2 is 2.27 bits per heavy atom. The van der Waals surface area contributed by atoms with E-state index >= 15 is 0 Å². The van der Waals surface area contributed by atoms with Crippen molar-refractivity contribution in [2.75, 3.05) is 32.2 Å². The number of ether oxygens (including phenoxy) is 1. The van der Waals surface area contributed by atoms with Crippen LogP contribution < -0.4 is 5.32 Å². The molecular weight excluding hydrogens is 214 g/mol. The molecule has 86 valence electrons. The van der Waals surface area contributed by atoms with E-state index in [9.17, 15) is 0 Å². The van der Waals surface area contributed by atoms with Crippen molar-refractivity contribution in [2.45, 2.75) is 13.0 Å². The van der Waals surface area contributed by atoms with Crippen LogP contribution in [0.5, 0.6) is 0 Å². The van der Waals surface area contributed by atoms with Crippen molar-refractivity contribution in [3.8, 4) is 0 Å². The highest BCUT2D eigenvalue weighted by Crippen LogP contribution is 1.85. The Balaban J connectivity index is 1.81. The van der Waals surface area contributed by atoms with Gasteiger partial charge in [0.15, 0.2) is 0 Å². The smallest absolute Gasteiger partial charge is 0.0601 e. The summed E-state index contributed by atoms with van der Waals surface area (Å²) in [5.74, 6) is 0.576. The van der Waals surface area contributed by atoms with Gasteiger partial charge in [0.25, 0.3) is 0 Å². The molecule has 0 unspecified atom stereocenters. The largest absolute Gasteiger partial charge is 0.380 e. The second-order valence-electron chi connectivity index (χ2n) is 3.17. The summed E-state index contributed by atoms with van der Waals surface area (Å²) < 4.78 is 7.16. The zero-order valence-electron chi connectivity index (χ0n) is 8.86. The number of rotatable bonds is 9. The van der Waals surface area contributed by atoms with Crippen LogP contribution in [-0.2, 0) is 11.3 Å². The normalized spacial score (nSPS) is 10.7. The Morgan fingerprint density at radius 1 is 1.33 bits per heavy atom. The predicted molar refractivity (Wildman–Crippen MR) is 61.3 cm³/mol. The third-order valence-electron chi connectivity index (χ3n) is 1.94. The zero-order chi connectivity index (χ0) is 10.8. The fraction of sp³-hybridized carbons (Fsp3) is 0.700. The Hall–Kier alpha value is -0.580. The van der Waals surface area contributed by atoms with Crippen molar-refractivity contribution in [1.82, 2.24) is 15.1 Å². The molecule has 1 heterocycles. The average Bonchev–Trinajstić information content (AvgIpc) is 2.75. The molecule has 0 aromatic carbocycles. The first-order valence-corrected chi connectivity index (χ1v) is 5.79. The van der Waals surface area contributed by atoms with E-state index in [1.807, 2.05) is 16.9 Å². The SMILES string of the molecule is ClCCOCCCNCCn1cccn1. The van der Waals surface area contributed by atoms with Crippen molar-refractivity contribution in [1.29, 1.82) is 0 Å². The molecule has 0 saturated heterocycles. The molecule has 0 spiro atoms. The molecule has 1 N–H and O–H groups in total. The van der Waals surface area contributed by atoms with Gasteiger partial charge in [-0.2, -0.15) is 5.10 Å². The first-order valence-electron chi connectivity index (χ1n) is 5.25. The molecule has 1 aromatic heterocycles.